The maximum absolute atomic E-state index is 13.8. The van der Waals surface area contributed by atoms with Gasteiger partial charge in [-0.25, -0.2) is 0 Å². The lowest BCUT2D eigenvalue weighted by molar-refractivity contribution is -0.132. The summed E-state index contributed by atoms with van der Waals surface area (Å²) < 4.78 is 12.3. The van der Waals surface area contributed by atoms with Gasteiger partial charge >= 0.3 is 5.91 Å². The van der Waals surface area contributed by atoms with E-state index in [2.05, 4.69) is 34.5 Å². The Morgan fingerprint density at radius 2 is 1.59 bits per heavy atom. The average Bonchev–Trinajstić information content (AvgIpc) is 3.72. The summed E-state index contributed by atoms with van der Waals surface area (Å²) in [5, 5.41) is 23.0. The van der Waals surface area contributed by atoms with Gasteiger partial charge in [0.2, 0.25) is 5.13 Å². The normalized spacial score (nSPS) is 15.5. The molecule has 1 aromatic heterocycles. The zero-order valence-electron chi connectivity index (χ0n) is 26.5. The van der Waals surface area contributed by atoms with Crippen LogP contribution in [0.25, 0.3) is 16.5 Å². The Bertz CT molecular complexity index is 2160. The summed E-state index contributed by atoms with van der Waals surface area (Å²) in [4.78, 5) is 28.9. The van der Waals surface area contributed by atoms with Gasteiger partial charge in [-0.05, 0) is 70.8 Å². The Kier molecular flexibility index (Phi) is 9.40. The van der Waals surface area contributed by atoms with Crippen molar-refractivity contribution in [2.45, 2.75) is 29.7 Å². The second-order valence-electron chi connectivity index (χ2n) is 11.3. The summed E-state index contributed by atoms with van der Waals surface area (Å²) >= 11 is 2.74. The number of nitrogens with zero attached hydrogens (tertiary/aromatic N) is 3. The first-order valence-electron chi connectivity index (χ1n) is 15.7. The number of ketones is 1. The predicted octanol–water partition coefficient (Wildman–Crippen LogP) is 8.59. The monoisotopic (exact) mass is 685 g/mol. The van der Waals surface area contributed by atoms with E-state index in [1.165, 1.54) is 28.0 Å². The number of hydrogen-bond donors (Lipinski definition) is 1. The number of carbonyl (C=O) groups excluding carboxylic acids is 2. The molecule has 6 aromatic rings. The standard InChI is InChI=1S/C39H31N3O5S2/c1-2-46-30-20-18-27(19-21-30)35(43)33-34(28-14-9-16-31(22-28)47-23-25-10-4-3-5-11-25)42(37(45)36(33)44)38-40-41-39(49-38)48-24-29-15-8-13-26-12-6-7-17-32(26)29/h3-22,34,43H,2,23-24H2,1H3. The topological polar surface area (TPSA) is 102 Å². The van der Waals surface area contributed by atoms with Crippen LogP contribution >= 0.6 is 23.1 Å². The zero-order valence-corrected chi connectivity index (χ0v) is 28.1. The largest absolute Gasteiger partial charge is 0.507 e. The lowest BCUT2D eigenvalue weighted by Gasteiger charge is -2.23. The van der Waals surface area contributed by atoms with Crippen molar-refractivity contribution in [1.82, 2.24) is 10.2 Å². The molecule has 1 unspecified atom stereocenters. The van der Waals surface area contributed by atoms with E-state index in [0.717, 1.165) is 21.9 Å². The van der Waals surface area contributed by atoms with E-state index >= 15 is 0 Å². The molecule has 1 amide bonds. The number of Topliss-reactive ketones (excluding diaryl/α,β-unsaturated/α-hetero) is 1. The SMILES string of the molecule is CCOc1ccc(C(O)=C2C(=O)C(=O)N(c3nnc(SCc4cccc5ccccc45)s3)C2c2cccc(OCc3ccccc3)c2)cc1. The van der Waals surface area contributed by atoms with Gasteiger partial charge in [-0.3, -0.25) is 14.5 Å². The molecule has 2 heterocycles. The van der Waals surface area contributed by atoms with Crippen LogP contribution in [0.3, 0.4) is 0 Å². The Morgan fingerprint density at radius 1 is 0.837 bits per heavy atom. The molecule has 1 atom stereocenters. The molecule has 1 fully saturated rings. The van der Waals surface area contributed by atoms with E-state index in [0.29, 0.717) is 45.9 Å². The Labute approximate surface area is 291 Å². The van der Waals surface area contributed by atoms with Crippen LogP contribution in [-0.2, 0) is 21.9 Å². The predicted molar refractivity (Wildman–Crippen MR) is 193 cm³/mol. The molecule has 0 bridgehead atoms. The molecule has 8 nitrogen and oxygen atoms in total. The van der Waals surface area contributed by atoms with Crippen molar-refractivity contribution in [3.63, 3.8) is 0 Å². The maximum Gasteiger partial charge on any atom is 0.301 e. The molecule has 49 heavy (non-hydrogen) atoms. The maximum atomic E-state index is 13.8. The highest BCUT2D eigenvalue weighted by molar-refractivity contribution is 8.00. The molecule has 7 rings (SSSR count). The van der Waals surface area contributed by atoms with Crippen LogP contribution in [-0.4, -0.2) is 33.6 Å². The van der Waals surface area contributed by atoms with Gasteiger partial charge in [0.25, 0.3) is 5.78 Å². The number of amides is 1. The third kappa shape index (κ3) is 6.78. The first-order valence-corrected chi connectivity index (χ1v) is 17.5. The minimum Gasteiger partial charge on any atom is -0.507 e. The number of benzene rings is 5. The summed E-state index contributed by atoms with van der Waals surface area (Å²) in [6, 6.07) is 37.2. The van der Waals surface area contributed by atoms with E-state index in [-0.39, 0.29) is 16.5 Å². The van der Waals surface area contributed by atoms with E-state index in [4.69, 9.17) is 9.47 Å². The number of thioether (sulfide) groups is 1. The zero-order chi connectivity index (χ0) is 33.7. The van der Waals surface area contributed by atoms with Gasteiger partial charge in [-0.2, -0.15) is 0 Å². The molecule has 244 valence electrons. The summed E-state index contributed by atoms with van der Waals surface area (Å²) in [5.74, 6) is -0.0728. The fourth-order valence-electron chi connectivity index (χ4n) is 5.81. The second kappa shape index (κ2) is 14.3. The molecule has 1 aliphatic rings. The minimum atomic E-state index is -0.976. The van der Waals surface area contributed by atoms with Gasteiger partial charge in [0.15, 0.2) is 4.34 Å². The third-order valence-corrected chi connectivity index (χ3v) is 10.2. The first kappa shape index (κ1) is 32.1. The molecule has 1 aliphatic heterocycles. The molecule has 1 N–H and O–H groups in total. The van der Waals surface area contributed by atoms with Crippen molar-refractivity contribution in [2.75, 3.05) is 11.5 Å². The van der Waals surface area contributed by atoms with Gasteiger partial charge in [-0.1, -0.05) is 108 Å². The highest BCUT2D eigenvalue weighted by atomic mass is 32.2. The highest BCUT2D eigenvalue weighted by Gasteiger charge is 2.48. The quantitative estimate of drug-likeness (QED) is 0.0476. The number of anilines is 1. The second-order valence-corrected chi connectivity index (χ2v) is 13.4. The van der Waals surface area contributed by atoms with Gasteiger partial charge in [0.05, 0.1) is 18.2 Å². The fraction of sp³-hybridized carbons (Fsp3) is 0.128. The molecule has 10 heteroatoms. The molecular weight excluding hydrogens is 655 g/mol. The van der Waals surface area contributed by atoms with Crippen LogP contribution in [0.4, 0.5) is 5.13 Å². The van der Waals surface area contributed by atoms with Crippen molar-refractivity contribution in [2.24, 2.45) is 0 Å². The summed E-state index contributed by atoms with van der Waals surface area (Å²) in [5.41, 5.74) is 3.07. The third-order valence-electron chi connectivity index (χ3n) is 8.14. The highest BCUT2D eigenvalue weighted by Crippen LogP contribution is 2.45. The fourth-order valence-corrected chi connectivity index (χ4v) is 7.68. The van der Waals surface area contributed by atoms with E-state index in [1.54, 1.807) is 36.4 Å². The molecule has 0 saturated carbocycles. The molecule has 0 radical (unpaired) electrons. The number of carbonyl (C=O) groups is 2. The molecule has 5 aromatic carbocycles. The van der Waals surface area contributed by atoms with Gasteiger partial charge < -0.3 is 14.6 Å². The Balaban J connectivity index is 1.23. The van der Waals surface area contributed by atoms with Gasteiger partial charge in [0.1, 0.15) is 23.9 Å². The van der Waals surface area contributed by atoms with Crippen molar-refractivity contribution in [3.8, 4) is 11.5 Å². The van der Waals surface area contributed by atoms with Crippen molar-refractivity contribution >= 4 is 56.5 Å². The summed E-state index contributed by atoms with van der Waals surface area (Å²) in [7, 11) is 0. The van der Waals surface area contributed by atoms with Crippen LogP contribution in [0.1, 0.15) is 35.2 Å². The number of hydrogen-bond acceptors (Lipinski definition) is 9. The summed E-state index contributed by atoms with van der Waals surface area (Å²) in [6.45, 7) is 2.71. The van der Waals surface area contributed by atoms with E-state index in [9.17, 15) is 14.7 Å². The Hall–Kier alpha value is -5.45. The van der Waals surface area contributed by atoms with Gasteiger partial charge in [0, 0.05) is 11.3 Å². The minimum absolute atomic E-state index is 0.0467. The number of aromatic nitrogens is 2. The number of fused-ring (bicyclic) bond motifs is 1. The number of rotatable bonds is 11. The number of aliphatic hydroxyl groups is 1. The van der Waals surface area contributed by atoms with Crippen LogP contribution in [0.5, 0.6) is 11.5 Å². The van der Waals surface area contributed by atoms with Gasteiger partial charge in [-0.15, -0.1) is 10.2 Å². The molecule has 1 saturated heterocycles. The lowest BCUT2D eigenvalue weighted by atomic mass is 9.95. The molecular formula is C39H31N3O5S2. The van der Waals surface area contributed by atoms with Crippen molar-refractivity contribution in [1.29, 1.82) is 0 Å². The Morgan fingerprint density at radius 3 is 2.41 bits per heavy atom. The van der Waals surface area contributed by atoms with Crippen molar-refractivity contribution in [3.05, 3.63) is 149 Å². The van der Waals surface area contributed by atoms with E-state index < -0.39 is 17.7 Å². The number of aliphatic hydroxyl groups excluding tert-OH is 1. The number of ether oxygens (including phenoxy) is 2. The van der Waals surface area contributed by atoms with E-state index in [1.807, 2.05) is 67.6 Å². The summed E-state index contributed by atoms with van der Waals surface area (Å²) in [6.07, 6.45) is 0. The average molecular weight is 686 g/mol. The van der Waals surface area contributed by atoms with Crippen LogP contribution in [0, 0.1) is 0 Å². The smallest absolute Gasteiger partial charge is 0.301 e. The van der Waals surface area contributed by atoms with Crippen LogP contribution in [0.2, 0.25) is 0 Å². The van der Waals surface area contributed by atoms with Crippen LogP contribution in [0.15, 0.2) is 131 Å². The lowest BCUT2D eigenvalue weighted by Crippen LogP contribution is -2.29. The van der Waals surface area contributed by atoms with Crippen molar-refractivity contribution < 1.29 is 24.2 Å². The first-order chi connectivity index (χ1) is 24.0. The molecule has 0 aliphatic carbocycles. The van der Waals surface area contributed by atoms with Crippen LogP contribution < -0.4 is 14.4 Å². The molecule has 0 spiro atoms.